The van der Waals surface area contributed by atoms with Crippen LogP contribution >= 0.6 is 0 Å². The summed E-state index contributed by atoms with van der Waals surface area (Å²) in [4.78, 5) is 38.7. The van der Waals surface area contributed by atoms with E-state index >= 15 is 0 Å². The molecule has 2 aliphatic rings. The Morgan fingerprint density at radius 3 is 1.89 bits per heavy atom. The summed E-state index contributed by atoms with van der Waals surface area (Å²) in [6.45, 7) is 0.537. The average molecular weight is 498 g/mol. The van der Waals surface area contributed by atoms with Gasteiger partial charge in [-0.3, -0.25) is 4.79 Å². The maximum atomic E-state index is 13.0. The summed E-state index contributed by atoms with van der Waals surface area (Å²) in [7, 11) is 0. The summed E-state index contributed by atoms with van der Waals surface area (Å²) >= 11 is 0. The van der Waals surface area contributed by atoms with Crippen molar-refractivity contribution >= 4 is 29.3 Å². The van der Waals surface area contributed by atoms with Crippen LogP contribution in [0.2, 0.25) is 0 Å². The van der Waals surface area contributed by atoms with E-state index in [0.717, 1.165) is 23.2 Å². The predicted octanol–water partition coefficient (Wildman–Crippen LogP) is 6.34. The molecule has 3 N–H and O–H groups in total. The van der Waals surface area contributed by atoms with Gasteiger partial charge in [0.2, 0.25) is 5.91 Å². The highest BCUT2D eigenvalue weighted by Crippen LogP contribution is 2.34. The second kappa shape index (κ2) is 10.9. The van der Waals surface area contributed by atoms with Crippen LogP contribution in [0.5, 0.6) is 0 Å². The van der Waals surface area contributed by atoms with Crippen molar-refractivity contribution in [1.82, 2.24) is 4.90 Å². The smallest absolute Gasteiger partial charge is 0.335 e. The number of nitrogens with one attached hydrogen (secondary N) is 2. The molecule has 1 saturated heterocycles. The fraction of sp³-hybridized carbons (Fsp3) is 0.300. The van der Waals surface area contributed by atoms with Crippen LogP contribution in [0.25, 0.3) is 11.1 Å². The molecule has 7 heteroatoms. The van der Waals surface area contributed by atoms with Crippen molar-refractivity contribution < 1.29 is 19.5 Å². The van der Waals surface area contributed by atoms with E-state index in [4.69, 9.17) is 5.11 Å². The Bertz CT molecular complexity index is 1260. The SMILES string of the molecule is O=C(O)c1ccc(-c2ccc(NC(=O)[C@H]3CCCN3C(=O)Nc3ccc(C4CCCC4)cc3)cc2)cc1. The number of hydrogen-bond acceptors (Lipinski definition) is 3. The summed E-state index contributed by atoms with van der Waals surface area (Å²) in [5, 5.41) is 15.0. The number of hydrogen-bond donors (Lipinski definition) is 3. The standard InChI is InChI=1S/C30H31N3O4/c34-28(31-25-15-11-23(12-16-25)21-7-9-24(10-8-21)29(35)36)27-6-3-19-33(27)30(37)32-26-17-13-22(14-18-26)20-4-1-2-5-20/h7-18,20,27H,1-6,19H2,(H,31,34)(H,32,37)(H,35,36)/t27-/m1/s1. The van der Waals surface area contributed by atoms with Crippen LogP contribution in [0.4, 0.5) is 16.2 Å². The van der Waals surface area contributed by atoms with E-state index < -0.39 is 12.0 Å². The molecule has 37 heavy (non-hydrogen) atoms. The minimum Gasteiger partial charge on any atom is -0.478 e. The highest BCUT2D eigenvalue weighted by molar-refractivity contribution is 5.99. The van der Waals surface area contributed by atoms with Gasteiger partial charge in [0.15, 0.2) is 0 Å². The summed E-state index contributed by atoms with van der Waals surface area (Å²) in [5.41, 5.74) is 4.75. The topological polar surface area (TPSA) is 98.7 Å². The minimum atomic E-state index is -0.962. The first-order valence-electron chi connectivity index (χ1n) is 12.9. The number of aromatic carboxylic acids is 1. The zero-order chi connectivity index (χ0) is 25.8. The van der Waals surface area contributed by atoms with Crippen molar-refractivity contribution in [3.05, 3.63) is 83.9 Å². The maximum absolute atomic E-state index is 13.0. The van der Waals surface area contributed by atoms with Gasteiger partial charge in [0.1, 0.15) is 6.04 Å². The molecule has 3 aromatic carbocycles. The van der Waals surface area contributed by atoms with E-state index in [9.17, 15) is 14.4 Å². The number of likely N-dealkylation sites (tertiary alicyclic amines) is 1. The number of carbonyl (C=O) groups excluding carboxylic acids is 2. The molecule has 1 aliphatic heterocycles. The van der Waals surface area contributed by atoms with E-state index in [2.05, 4.69) is 22.8 Å². The lowest BCUT2D eigenvalue weighted by atomic mass is 9.98. The number of carbonyl (C=O) groups is 3. The molecule has 1 aliphatic carbocycles. The van der Waals surface area contributed by atoms with Crippen LogP contribution in [0.3, 0.4) is 0 Å². The fourth-order valence-electron chi connectivity index (χ4n) is 5.35. The number of urea groups is 1. The summed E-state index contributed by atoms with van der Waals surface area (Å²) < 4.78 is 0. The normalized spacial score (nSPS) is 17.5. The predicted molar refractivity (Wildman–Crippen MR) is 144 cm³/mol. The summed E-state index contributed by atoms with van der Waals surface area (Å²) in [5.74, 6) is -0.540. The molecule has 0 radical (unpaired) electrons. The molecule has 190 valence electrons. The number of nitrogens with zero attached hydrogens (tertiary/aromatic N) is 1. The van der Waals surface area contributed by atoms with Crippen LogP contribution in [0, 0.1) is 0 Å². The van der Waals surface area contributed by atoms with E-state index in [1.54, 1.807) is 29.2 Å². The Balaban J connectivity index is 1.18. The number of carboxylic acids is 1. The molecule has 3 aromatic rings. The lowest BCUT2D eigenvalue weighted by Gasteiger charge is -2.24. The van der Waals surface area contributed by atoms with Crippen LogP contribution in [-0.2, 0) is 4.79 Å². The summed E-state index contributed by atoms with van der Waals surface area (Å²) in [6.07, 6.45) is 6.44. The largest absolute Gasteiger partial charge is 0.478 e. The first kappa shape index (κ1) is 24.6. The van der Waals surface area contributed by atoms with E-state index in [-0.39, 0.29) is 17.5 Å². The Hall–Kier alpha value is -4.13. The molecule has 0 unspecified atom stereocenters. The molecule has 2 fully saturated rings. The number of benzene rings is 3. The van der Waals surface area contributed by atoms with Gasteiger partial charge in [0, 0.05) is 17.9 Å². The Labute approximate surface area is 216 Å². The Kier molecular flexibility index (Phi) is 7.21. The number of rotatable bonds is 6. The molecule has 5 rings (SSSR count). The molecule has 7 nitrogen and oxygen atoms in total. The number of carboxylic acid groups (broad SMARTS) is 1. The Morgan fingerprint density at radius 1 is 0.703 bits per heavy atom. The first-order valence-corrected chi connectivity index (χ1v) is 12.9. The third-order valence-corrected chi connectivity index (χ3v) is 7.42. The third-order valence-electron chi connectivity index (χ3n) is 7.42. The van der Waals surface area contributed by atoms with Crippen LogP contribution in [0.15, 0.2) is 72.8 Å². The molecular weight excluding hydrogens is 466 g/mol. The second-order valence-corrected chi connectivity index (χ2v) is 9.83. The van der Waals surface area contributed by atoms with Gasteiger partial charge in [-0.25, -0.2) is 9.59 Å². The molecular formula is C30H31N3O4. The lowest BCUT2D eigenvalue weighted by Crippen LogP contribution is -2.45. The highest BCUT2D eigenvalue weighted by atomic mass is 16.4. The zero-order valence-electron chi connectivity index (χ0n) is 20.7. The van der Waals surface area contributed by atoms with Gasteiger partial charge in [-0.15, -0.1) is 0 Å². The molecule has 1 heterocycles. The molecule has 1 saturated carbocycles. The number of anilines is 2. The van der Waals surface area contributed by atoms with Crippen molar-refractivity contribution in [3.63, 3.8) is 0 Å². The quantitative estimate of drug-likeness (QED) is 0.370. The summed E-state index contributed by atoms with van der Waals surface area (Å²) in [6, 6.07) is 21.3. The maximum Gasteiger partial charge on any atom is 0.335 e. The fourth-order valence-corrected chi connectivity index (χ4v) is 5.35. The van der Waals surface area contributed by atoms with E-state index in [1.807, 2.05) is 36.4 Å². The zero-order valence-corrected chi connectivity index (χ0v) is 20.7. The Morgan fingerprint density at radius 2 is 1.27 bits per heavy atom. The monoisotopic (exact) mass is 497 g/mol. The van der Waals surface area contributed by atoms with Crippen LogP contribution < -0.4 is 10.6 Å². The van der Waals surface area contributed by atoms with Crippen molar-refractivity contribution in [3.8, 4) is 11.1 Å². The van der Waals surface area contributed by atoms with Gasteiger partial charge < -0.3 is 20.6 Å². The number of amides is 3. The van der Waals surface area contributed by atoms with Crippen molar-refractivity contribution in [2.24, 2.45) is 0 Å². The second-order valence-electron chi connectivity index (χ2n) is 9.83. The van der Waals surface area contributed by atoms with Gasteiger partial charge in [-0.1, -0.05) is 49.2 Å². The van der Waals surface area contributed by atoms with Gasteiger partial charge in [-0.05, 0) is 84.7 Å². The van der Waals surface area contributed by atoms with Gasteiger partial charge in [0.05, 0.1) is 5.56 Å². The van der Waals surface area contributed by atoms with Gasteiger partial charge >= 0.3 is 12.0 Å². The van der Waals surface area contributed by atoms with Crippen molar-refractivity contribution in [2.75, 3.05) is 17.2 Å². The average Bonchev–Trinajstić information content (AvgIpc) is 3.63. The molecule has 1 atom stereocenters. The molecule has 0 aromatic heterocycles. The van der Waals surface area contributed by atoms with Crippen molar-refractivity contribution in [1.29, 1.82) is 0 Å². The lowest BCUT2D eigenvalue weighted by molar-refractivity contribution is -0.119. The van der Waals surface area contributed by atoms with Gasteiger partial charge in [-0.2, -0.15) is 0 Å². The highest BCUT2D eigenvalue weighted by Gasteiger charge is 2.34. The van der Waals surface area contributed by atoms with Crippen LogP contribution in [0.1, 0.15) is 60.4 Å². The minimum absolute atomic E-state index is 0.206. The first-order chi connectivity index (χ1) is 18.0. The molecule has 0 spiro atoms. The van der Waals surface area contributed by atoms with E-state index in [0.29, 0.717) is 24.6 Å². The molecule has 3 amide bonds. The van der Waals surface area contributed by atoms with Crippen LogP contribution in [-0.4, -0.2) is 40.5 Å². The van der Waals surface area contributed by atoms with E-state index in [1.165, 1.54) is 31.2 Å². The molecule has 0 bridgehead atoms. The van der Waals surface area contributed by atoms with Crippen molar-refractivity contribution in [2.45, 2.75) is 50.5 Å². The van der Waals surface area contributed by atoms with Gasteiger partial charge in [0.25, 0.3) is 0 Å². The third kappa shape index (κ3) is 5.66.